The van der Waals surface area contributed by atoms with Gasteiger partial charge in [-0.1, -0.05) is 18.2 Å². The lowest BCUT2D eigenvalue weighted by Gasteiger charge is -2.22. The van der Waals surface area contributed by atoms with E-state index < -0.39 is 17.5 Å². The molecule has 0 aliphatic carbocycles. The van der Waals surface area contributed by atoms with Gasteiger partial charge < -0.3 is 15.0 Å². The largest absolute Gasteiger partial charge is 0.494 e. The summed E-state index contributed by atoms with van der Waals surface area (Å²) in [5.41, 5.74) is 1.10. The van der Waals surface area contributed by atoms with Crippen LogP contribution in [0.4, 0.5) is 13.2 Å². The molecular weight excluding hydrogens is 511 g/mol. The first-order valence-corrected chi connectivity index (χ1v) is 14.0. The average molecular weight is 544 g/mol. The van der Waals surface area contributed by atoms with Crippen LogP contribution >= 0.6 is 11.8 Å². The van der Waals surface area contributed by atoms with Crippen molar-refractivity contribution < 1.29 is 17.9 Å². The van der Waals surface area contributed by atoms with Gasteiger partial charge in [-0.25, -0.2) is 13.2 Å². The first kappa shape index (κ1) is 26.8. The summed E-state index contributed by atoms with van der Waals surface area (Å²) in [4.78, 5) is 16.4. The number of likely N-dealkylation sites (tertiary alicyclic amines) is 1. The number of methoxy groups -OCH3 is 1. The van der Waals surface area contributed by atoms with Crippen molar-refractivity contribution in [3.05, 3.63) is 80.9 Å². The smallest absolute Gasteiger partial charge is 0.260 e. The molecule has 2 aromatic carbocycles. The van der Waals surface area contributed by atoms with Crippen LogP contribution in [0.1, 0.15) is 35.6 Å². The molecule has 1 unspecified atom stereocenters. The van der Waals surface area contributed by atoms with Crippen LogP contribution in [-0.4, -0.2) is 55.1 Å². The molecule has 0 saturated carbocycles. The standard InChI is InChI=1S/C29H32F3N3O2S/c1-18-21(15-22-23(30)8-6-9-24(22)31)29-35(19(17-38-29)16-33-11-14-34-12-3-4-13-34)28(36)26(18)20-7-5-10-25(37-2)27(20)32/h5-10,19,33H,3-4,11-17H2,1-2H3. The molecule has 9 heteroatoms. The van der Waals surface area contributed by atoms with Crippen LogP contribution in [0, 0.1) is 24.4 Å². The fourth-order valence-electron chi connectivity index (χ4n) is 5.49. The molecular formula is C29H32F3N3O2S. The van der Waals surface area contributed by atoms with Crippen molar-refractivity contribution >= 4 is 11.8 Å². The molecule has 3 aromatic rings. The second-order valence-electron chi connectivity index (χ2n) is 9.88. The predicted molar refractivity (Wildman–Crippen MR) is 145 cm³/mol. The zero-order valence-electron chi connectivity index (χ0n) is 21.7. The van der Waals surface area contributed by atoms with E-state index in [4.69, 9.17) is 4.74 Å². The summed E-state index contributed by atoms with van der Waals surface area (Å²) < 4.78 is 51.7. The Morgan fingerprint density at radius 3 is 2.47 bits per heavy atom. The van der Waals surface area contributed by atoms with Gasteiger partial charge in [0, 0.05) is 42.9 Å². The van der Waals surface area contributed by atoms with Gasteiger partial charge in [0.15, 0.2) is 11.6 Å². The van der Waals surface area contributed by atoms with Crippen molar-refractivity contribution in [2.75, 3.05) is 45.6 Å². The highest BCUT2D eigenvalue weighted by molar-refractivity contribution is 7.99. The van der Waals surface area contributed by atoms with E-state index in [9.17, 15) is 13.6 Å². The lowest BCUT2D eigenvalue weighted by Crippen LogP contribution is -2.36. The number of fused-ring (bicyclic) bond motifs is 1. The number of thioether (sulfide) groups is 1. The van der Waals surface area contributed by atoms with Crippen molar-refractivity contribution in [1.29, 1.82) is 0 Å². The molecule has 1 aromatic heterocycles. The number of ether oxygens (including phenoxy) is 1. The lowest BCUT2D eigenvalue weighted by molar-refractivity contribution is 0.331. The third-order valence-electron chi connectivity index (χ3n) is 7.57. The van der Waals surface area contributed by atoms with Crippen LogP contribution in [0.25, 0.3) is 11.1 Å². The summed E-state index contributed by atoms with van der Waals surface area (Å²) in [6.07, 6.45) is 2.42. The normalized spacial score (nSPS) is 17.2. The number of pyridine rings is 1. The van der Waals surface area contributed by atoms with Crippen molar-refractivity contribution in [3.63, 3.8) is 0 Å². The highest BCUT2D eigenvalue weighted by Crippen LogP contribution is 2.40. The van der Waals surface area contributed by atoms with Crippen LogP contribution in [-0.2, 0) is 6.42 Å². The van der Waals surface area contributed by atoms with Crippen LogP contribution in [0.15, 0.2) is 46.2 Å². The SMILES string of the molecule is COc1cccc(-c2c(C)c(Cc3c(F)cccc3F)c3n(c2=O)C(CNCCN2CCCC2)CS3)c1F. The quantitative estimate of drug-likeness (QED) is 0.377. The molecule has 38 heavy (non-hydrogen) atoms. The topological polar surface area (TPSA) is 46.5 Å². The van der Waals surface area contributed by atoms with E-state index in [0.717, 1.165) is 26.2 Å². The number of hydrogen-bond acceptors (Lipinski definition) is 5. The highest BCUT2D eigenvalue weighted by Gasteiger charge is 2.32. The molecule has 1 saturated heterocycles. The number of nitrogens with zero attached hydrogens (tertiary/aromatic N) is 2. The number of rotatable bonds is 9. The average Bonchev–Trinajstić information content (AvgIpc) is 3.57. The van der Waals surface area contributed by atoms with Gasteiger partial charge in [-0.15, -0.1) is 11.8 Å². The van der Waals surface area contributed by atoms with Crippen LogP contribution in [0.2, 0.25) is 0 Å². The molecule has 5 nitrogen and oxygen atoms in total. The van der Waals surface area contributed by atoms with E-state index in [1.807, 2.05) is 0 Å². The maximum Gasteiger partial charge on any atom is 0.260 e. The first-order chi connectivity index (χ1) is 18.4. The van der Waals surface area contributed by atoms with Gasteiger partial charge in [-0.05, 0) is 62.2 Å². The van der Waals surface area contributed by atoms with Gasteiger partial charge in [0.2, 0.25) is 0 Å². The van der Waals surface area contributed by atoms with Gasteiger partial charge in [-0.3, -0.25) is 9.36 Å². The summed E-state index contributed by atoms with van der Waals surface area (Å²) >= 11 is 1.51. The van der Waals surface area contributed by atoms with Gasteiger partial charge in [0.1, 0.15) is 11.6 Å². The number of benzene rings is 2. The molecule has 1 N–H and O–H groups in total. The summed E-state index contributed by atoms with van der Waals surface area (Å²) in [5.74, 6) is -1.26. The van der Waals surface area contributed by atoms with E-state index in [1.165, 1.54) is 56.0 Å². The zero-order valence-corrected chi connectivity index (χ0v) is 22.5. The molecule has 3 heterocycles. The van der Waals surface area contributed by atoms with Gasteiger partial charge in [0.25, 0.3) is 5.56 Å². The summed E-state index contributed by atoms with van der Waals surface area (Å²) in [6.45, 7) is 6.30. The molecule has 1 fully saturated rings. The molecule has 2 aliphatic rings. The summed E-state index contributed by atoms with van der Waals surface area (Å²) in [7, 11) is 1.37. The maximum atomic E-state index is 15.4. The number of halogens is 3. The van der Waals surface area contributed by atoms with Crippen molar-refractivity contribution in [2.24, 2.45) is 0 Å². The van der Waals surface area contributed by atoms with Gasteiger partial charge in [-0.2, -0.15) is 0 Å². The van der Waals surface area contributed by atoms with Crippen LogP contribution < -0.4 is 15.6 Å². The van der Waals surface area contributed by atoms with E-state index in [0.29, 0.717) is 28.5 Å². The Kier molecular flexibility index (Phi) is 8.16. The summed E-state index contributed by atoms with van der Waals surface area (Å²) in [5, 5.41) is 4.17. The van der Waals surface area contributed by atoms with Gasteiger partial charge in [0.05, 0.1) is 23.7 Å². The highest BCUT2D eigenvalue weighted by atomic mass is 32.2. The molecule has 0 spiro atoms. The Morgan fingerprint density at radius 2 is 1.76 bits per heavy atom. The molecule has 0 amide bonds. The predicted octanol–water partition coefficient (Wildman–Crippen LogP) is 5.17. The second kappa shape index (κ2) is 11.6. The minimum Gasteiger partial charge on any atom is -0.494 e. The molecule has 0 radical (unpaired) electrons. The molecule has 1 atom stereocenters. The Hall–Kier alpha value is -2.75. The van der Waals surface area contributed by atoms with Crippen molar-refractivity contribution in [1.82, 2.24) is 14.8 Å². The van der Waals surface area contributed by atoms with Crippen LogP contribution in [0.5, 0.6) is 5.75 Å². The third-order valence-corrected chi connectivity index (χ3v) is 8.83. The lowest BCUT2D eigenvalue weighted by atomic mass is 9.94. The maximum absolute atomic E-state index is 15.4. The third kappa shape index (κ3) is 5.11. The molecule has 202 valence electrons. The molecule has 0 bridgehead atoms. The van der Waals surface area contributed by atoms with E-state index in [2.05, 4.69) is 10.2 Å². The Morgan fingerprint density at radius 1 is 1.05 bits per heavy atom. The van der Waals surface area contributed by atoms with Crippen molar-refractivity contribution in [2.45, 2.75) is 37.3 Å². The van der Waals surface area contributed by atoms with E-state index in [-0.39, 0.29) is 40.5 Å². The number of aromatic nitrogens is 1. The number of hydrogen-bond donors (Lipinski definition) is 1. The molecule has 5 rings (SSSR count). The Bertz CT molecular complexity index is 1370. The fourth-order valence-corrected chi connectivity index (χ4v) is 6.88. The summed E-state index contributed by atoms with van der Waals surface area (Å²) in [6, 6.07) is 8.30. The zero-order chi connectivity index (χ0) is 26.8. The Labute approximate surface area is 225 Å². The minimum absolute atomic E-state index is 0.0306. The minimum atomic E-state index is -0.647. The second-order valence-corrected chi connectivity index (χ2v) is 10.9. The van der Waals surface area contributed by atoms with E-state index in [1.54, 1.807) is 23.6 Å². The first-order valence-electron chi connectivity index (χ1n) is 13.0. The van der Waals surface area contributed by atoms with E-state index >= 15 is 4.39 Å². The van der Waals surface area contributed by atoms with Crippen LogP contribution in [0.3, 0.4) is 0 Å². The Balaban J connectivity index is 1.57. The fraction of sp³-hybridized carbons (Fsp3) is 0.414. The van der Waals surface area contributed by atoms with Crippen molar-refractivity contribution in [3.8, 4) is 16.9 Å². The number of nitrogens with one attached hydrogen (secondary N) is 1. The molecule has 2 aliphatic heterocycles. The van der Waals surface area contributed by atoms with Gasteiger partial charge >= 0.3 is 0 Å². The monoisotopic (exact) mass is 543 g/mol.